The van der Waals surface area contributed by atoms with E-state index in [0.717, 1.165) is 37.4 Å². The Hall–Kier alpha value is -3.16. The summed E-state index contributed by atoms with van der Waals surface area (Å²) in [5.74, 6) is 0.809. The van der Waals surface area contributed by atoms with Gasteiger partial charge in [-0.3, -0.25) is 14.3 Å². The average molecular weight is 431 g/mol. The first kappa shape index (κ1) is 19.5. The normalized spacial score (nSPS) is 22.7. The smallest absolute Gasteiger partial charge is 0.337 e. The highest BCUT2D eigenvalue weighted by Gasteiger charge is 2.43. The van der Waals surface area contributed by atoms with Crippen molar-refractivity contribution in [1.29, 1.82) is 0 Å². The summed E-state index contributed by atoms with van der Waals surface area (Å²) in [6.07, 6.45) is 0.819. The summed E-state index contributed by atoms with van der Waals surface area (Å²) in [6.45, 7) is 4.23. The van der Waals surface area contributed by atoms with Gasteiger partial charge in [-0.15, -0.1) is 0 Å². The second kappa shape index (κ2) is 7.76. The van der Waals surface area contributed by atoms with Crippen molar-refractivity contribution in [3.8, 4) is 5.69 Å². The van der Waals surface area contributed by atoms with Gasteiger partial charge in [-0.2, -0.15) is 0 Å². The number of aromatic nitrogens is 2. The molecule has 0 saturated carbocycles. The topological polar surface area (TPSA) is 59.7 Å². The van der Waals surface area contributed by atoms with Crippen LogP contribution in [0, 0.1) is 0 Å². The maximum atomic E-state index is 13.9. The van der Waals surface area contributed by atoms with Crippen LogP contribution in [0.2, 0.25) is 0 Å². The van der Waals surface area contributed by atoms with Crippen LogP contribution in [-0.2, 0) is 11.3 Å². The largest absolute Gasteiger partial charge is 0.379 e. The summed E-state index contributed by atoms with van der Waals surface area (Å²) in [7, 11) is 0. The van der Waals surface area contributed by atoms with Gasteiger partial charge in [0.2, 0.25) is 0 Å². The summed E-state index contributed by atoms with van der Waals surface area (Å²) in [5, 5.41) is 0. The Morgan fingerprint density at radius 2 is 1.47 bits per heavy atom. The minimum absolute atomic E-state index is 0.0530. The molecule has 0 spiro atoms. The molecule has 7 nitrogen and oxygen atoms in total. The molecule has 7 heteroatoms. The third-order valence-corrected chi connectivity index (χ3v) is 7.03. The fourth-order valence-corrected chi connectivity index (χ4v) is 5.55. The fourth-order valence-electron chi connectivity index (χ4n) is 5.55. The monoisotopic (exact) mass is 430 g/mol. The number of para-hydroxylation sites is 1. The number of nitrogens with zero attached hydrogens (tertiary/aromatic N) is 4. The fraction of sp³-hybridized carbons (Fsp3) is 0.360. The van der Waals surface area contributed by atoms with Crippen LogP contribution in [0.5, 0.6) is 0 Å². The van der Waals surface area contributed by atoms with Gasteiger partial charge in [-0.05, 0) is 24.1 Å². The van der Waals surface area contributed by atoms with E-state index >= 15 is 0 Å². The van der Waals surface area contributed by atoms with Crippen LogP contribution >= 0.6 is 0 Å². The summed E-state index contributed by atoms with van der Waals surface area (Å²) < 4.78 is 8.77. The van der Waals surface area contributed by atoms with E-state index < -0.39 is 0 Å². The first-order valence-electron chi connectivity index (χ1n) is 11.3. The quantitative estimate of drug-likeness (QED) is 0.638. The molecule has 0 aliphatic carbocycles. The third-order valence-electron chi connectivity index (χ3n) is 7.03. The van der Waals surface area contributed by atoms with Gasteiger partial charge in [0.05, 0.1) is 30.5 Å². The van der Waals surface area contributed by atoms with E-state index in [1.54, 1.807) is 0 Å². The van der Waals surface area contributed by atoms with Crippen LogP contribution < -0.4 is 16.1 Å². The summed E-state index contributed by atoms with van der Waals surface area (Å²) in [6, 6.07) is 19.8. The Morgan fingerprint density at radius 3 is 2.19 bits per heavy atom. The Labute approximate surface area is 186 Å². The zero-order chi connectivity index (χ0) is 21.7. The van der Waals surface area contributed by atoms with Gasteiger partial charge >= 0.3 is 5.69 Å². The molecular formula is C25H26N4O3. The van der Waals surface area contributed by atoms with Crippen LogP contribution in [0.3, 0.4) is 0 Å². The van der Waals surface area contributed by atoms with E-state index in [0.29, 0.717) is 25.4 Å². The molecule has 32 heavy (non-hydrogen) atoms. The Bertz CT molecular complexity index is 1250. The molecule has 2 aromatic carbocycles. The van der Waals surface area contributed by atoms with Gasteiger partial charge in [0, 0.05) is 32.2 Å². The van der Waals surface area contributed by atoms with Gasteiger partial charge < -0.3 is 9.64 Å². The molecule has 3 aliphatic heterocycles. The van der Waals surface area contributed by atoms with Crippen molar-refractivity contribution < 1.29 is 4.74 Å². The lowest BCUT2D eigenvalue weighted by atomic mass is 9.89. The number of rotatable bonds is 3. The number of hydrogen-bond donors (Lipinski definition) is 0. The van der Waals surface area contributed by atoms with Crippen LogP contribution in [0.15, 0.2) is 70.3 Å². The molecule has 0 unspecified atom stereocenters. The highest BCUT2D eigenvalue weighted by molar-refractivity contribution is 5.57. The predicted molar refractivity (Wildman–Crippen MR) is 123 cm³/mol. The van der Waals surface area contributed by atoms with Gasteiger partial charge in [0.15, 0.2) is 0 Å². The zero-order valence-corrected chi connectivity index (χ0v) is 17.9. The van der Waals surface area contributed by atoms with Crippen molar-refractivity contribution in [2.45, 2.75) is 25.0 Å². The standard InChI is InChI=1S/C25H26N4O3/c30-24-22-21(26-13-15-32-16-14-26)17-20(18-7-3-1-4-8-18)27-11-12-28(23(22)27)25(31)29(24)19-9-5-2-6-10-19/h1-10,20-21H,11-17H2/t20-,21+/m1/s1. The van der Waals surface area contributed by atoms with Gasteiger partial charge in [-0.1, -0.05) is 48.5 Å². The maximum Gasteiger partial charge on any atom is 0.337 e. The lowest BCUT2D eigenvalue weighted by Gasteiger charge is -2.44. The van der Waals surface area contributed by atoms with Crippen LogP contribution in [0.4, 0.5) is 5.82 Å². The lowest BCUT2D eigenvalue weighted by Crippen LogP contribution is -2.49. The van der Waals surface area contributed by atoms with E-state index in [-0.39, 0.29) is 23.3 Å². The maximum absolute atomic E-state index is 13.9. The summed E-state index contributed by atoms with van der Waals surface area (Å²) >= 11 is 0. The molecule has 0 radical (unpaired) electrons. The molecule has 2 atom stereocenters. The molecule has 0 N–H and O–H groups in total. The molecule has 1 saturated heterocycles. The van der Waals surface area contributed by atoms with Gasteiger partial charge in [0.1, 0.15) is 5.82 Å². The predicted octanol–water partition coefficient (Wildman–Crippen LogP) is 2.34. The molecule has 164 valence electrons. The second-order valence-electron chi connectivity index (χ2n) is 8.67. The van der Waals surface area contributed by atoms with Crippen LogP contribution in [0.1, 0.15) is 29.6 Å². The van der Waals surface area contributed by atoms with Gasteiger partial charge in [0.25, 0.3) is 5.56 Å². The molecule has 4 heterocycles. The van der Waals surface area contributed by atoms with Crippen molar-refractivity contribution >= 4 is 5.82 Å². The minimum Gasteiger partial charge on any atom is -0.379 e. The van der Waals surface area contributed by atoms with Crippen LogP contribution in [0.25, 0.3) is 5.69 Å². The number of ether oxygens (including phenoxy) is 1. The van der Waals surface area contributed by atoms with E-state index in [1.165, 1.54) is 10.1 Å². The molecule has 0 amide bonds. The number of benzene rings is 2. The molecule has 0 bridgehead atoms. The summed E-state index contributed by atoms with van der Waals surface area (Å²) in [5.41, 5.74) is 2.15. The minimum atomic E-state index is -0.253. The van der Waals surface area contributed by atoms with E-state index in [2.05, 4.69) is 34.1 Å². The molecule has 3 aliphatic rings. The number of hydrogen-bond acceptors (Lipinski definition) is 5. The molecule has 6 rings (SSSR count). The van der Waals surface area contributed by atoms with E-state index in [4.69, 9.17) is 4.74 Å². The van der Waals surface area contributed by atoms with Crippen molar-refractivity contribution in [3.05, 3.63) is 92.6 Å². The second-order valence-corrected chi connectivity index (χ2v) is 8.67. The van der Waals surface area contributed by atoms with Gasteiger partial charge in [-0.25, -0.2) is 9.36 Å². The highest BCUT2D eigenvalue weighted by Crippen LogP contribution is 2.46. The Morgan fingerprint density at radius 1 is 0.781 bits per heavy atom. The first-order chi connectivity index (χ1) is 15.7. The molecular weight excluding hydrogens is 404 g/mol. The van der Waals surface area contributed by atoms with Crippen molar-refractivity contribution in [2.24, 2.45) is 0 Å². The Kier molecular flexibility index (Phi) is 4.73. The third kappa shape index (κ3) is 2.96. The number of morpholine rings is 1. The van der Waals surface area contributed by atoms with Crippen LogP contribution in [-0.4, -0.2) is 46.9 Å². The van der Waals surface area contributed by atoms with E-state index in [1.807, 2.05) is 41.0 Å². The lowest BCUT2D eigenvalue weighted by molar-refractivity contribution is 0.0110. The van der Waals surface area contributed by atoms with E-state index in [9.17, 15) is 9.59 Å². The van der Waals surface area contributed by atoms with Crippen molar-refractivity contribution in [2.75, 3.05) is 37.7 Å². The first-order valence-corrected chi connectivity index (χ1v) is 11.3. The highest BCUT2D eigenvalue weighted by atomic mass is 16.5. The zero-order valence-electron chi connectivity index (χ0n) is 17.9. The molecule has 1 fully saturated rings. The molecule has 3 aromatic rings. The Balaban J connectivity index is 1.59. The average Bonchev–Trinajstić information content (AvgIpc) is 3.30. The summed E-state index contributed by atoms with van der Waals surface area (Å²) in [4.78, 5) is 32.1. The van der Waals surface area contributed by atoms with Crippen molar-refractivity contribution in [3.63, 3.8) is 0 Å². The van der Waals surface area contributed by atoms with Crippen molar-refractivity contribution in [1.82, 2.24) is 14.0 Å². The number of anilines is 1. The molecule has 1 aromatic heterocycles. The SMILES string of the molecule is O=c1c2c3n(c(=O)n1-c1ccccc1)CCN3[C@@H](c1ccccc1)C[C@@H]2N1CCOCC1.